The minimum Gasteiger partial charge on any atom is -0.458 e. The predicted octanol–water partition coefficient (Wildman–Crippen LogP) is -1.34. The molecule has 1 aliphatic heterocycles. The van der Waals surface area contributed by atoms with Crippen molar-refractivity contribution in [2.24, 2.45) is 0 Å². The first-order chi connectivity index (χ1) is 9.45. The predicted molar refractivity (Wildman–Crippen MR) is 63.1 cm³/mol. The van der Waals surface area contributed by atoms with E-state index in [4.69, 9.17) is 19.0 Å². The smallest absolute Gasteiger partial charge is 0.229 e. The number of furan rings is 1. The number of hydrogen-bond donors (Lipinski definition) is 4. The number of hydrogen-bond acceptors (Lipinski definition) is 8. The highest BCUT2D eigenvalue weighted by atomic mass is 16.7. The van der Waals surface area contributed by atoms with Crippen LogP contribution >= 0.6 is 0 Å². The number of rotatable bonds is 4. The summed E-state index contributed by atoms with van der Waals surface area (Å²) in [4.78, 5) is 11.3. The fourth-order valence-electron chi connectivity index (χ4n) is 1.94. The Morgan fingerprint density at radius 3 is 2.60 bits per heavy atom. The molecular weight excluding hydrogens is 272 g/mol. The molecule has 112 valence electrons. The van der Waals surface area contributed by atoms with Crippen molar-refractivity contribution in [1.29, 1.82) is 0 Å². The summed E-state index contributed by atoms with van der Waals surface area (Å²) < 4.78 is 15.4. The number of carbonyl (C=O) groups excluding carboxylic acids is 1. The number of Topliss-reactive ketones (excluding diaryl/α,β-unsaturated/α-hetero) is 1. The van der Waals surface area contributed by atoms with Gasteiger partial charge in [-0.05, 0) is 0 Å². The summed E-state index contributed by atoms with van der Waals surface area (Å²) in [7, 11) is 0. The molecule has 0 aromatic carbocycles. The molecule has 0 saturated carbocycles. The van der Waals surface area contributed by atoms with Gasteiger partial charge in [0.25, 0.3) is 0 Å². The largest absolute Gasteiger partial charge is 0.458 e. The standard InChI is InChI=1S/C12H16O8/c1-5(14)11-6(2-3-18-11)19-12-10(17)9(16)8(15)7(4-13)20-12/h2-3,7-10,12-13,15-17H,4H2,1H3/t7-,8-,9+,10-,12-/m1/s1. The van der Waals surface area contributed by atoms with E-state index in [-0.39, 0.29) is 17.3 Å². The molecular formula is C12H16O8. The summed E-state index contributed by atoms with van der Waals surface area (Å²) >= 11 is 0. The van der Waals surface area contributed by atoms with Crippen LogP contribution < -0.4 is 4.74 Å². The Morgan fingerprint density at radius 1 is 1.30 bits per heavy atom. The molecule has 8 nitrogen and oxygen atoms in total. The number of ether oxygens (including phenoxy) is 2. The molecule has 0 radical (unpaired) electrons. The van der Waals surface area contributed by atoms with E-state index in [9.17, 15) is 20.1 Å². The van der Waals surface area contributed by atoms with Gasteiger partial charge >= 0.3 is 0 Å². The van der Waals surface area contributed by atoms with Crippen LogP contribution in [-0.2, 0) is 4.74 Å². The number of ketones is 1. The van der Waals surface area contributed by atoms with Gasteiger partial charge in [0.1, 0.15) is 24.4 Å². The summed E-state index contributed by atoms with van der Waals surface area (Å²) in [5.41, 5.74) is 0. The zero-order valence-corrected chi connectivity index (χ0v) is 10.7. The van der Waals surface area contributed by atoms with Crippen molar-refractivity contribution in [2.45, 2.75) is 37.6 Å². The van der Waals surface area contributed by atoms with Crippen molar-refractivity contribution in [1.82, 2.24) is 0 Å². The van der Waals surface area contributed by atoms with Crippen LogP contribution in [0.4, 0.5) is 0 Å². The van der Waals surface area contributed by atoms with Crippen molar-refractivity contribution >= 4 is 5.78 Å². The summed E-state index contributed by atoms with van der Waals surface area (Å²) in [6, 6.07) is 1.36. The van der Waals surface area contributed by atoms with Gasteiger partial charge in [0, 0.05) is 13.0 Å². The minimum atomic E-state index is -1.54. The first kappa shape index (κ1) is 14.9. The molecule has 8 heteroatoms. The normalized spacial score (nSPS) is 34.0. The molecule has 2 rings (SSSR count). The van der Waals surface area contributed by atoms with Crippen LogP contribution in [0.1, 0.15) is 17.5 Å². The maximum absolute atomic E-state index is 11.3. The first-order valence-corrected chi connectivity index (χ1v) is 6.01. The van der Waals surface area contributed by atoms with Crippen LogP contribution in [0.3, 0.4) is 0 Å². The Hall–Kier alpha value is -1.45. The molecule has 5 atom stereocenters. The Labute approximate surface area is 114 Å². The second kappa shape index (κ2) is 5.90. The third-order valence-electron chi connectivity index (χ3n) is 3.04. The molecule has 0 amide bonds. The molecule has 1 aliphatic rings. The van der Waals surface area contributed by atoms with E-state index in [2.05, 4.69) is 0 Å². The third kappa shape index (κ3) is 2.69. The van der Waals surface area contributed by atoms with Gasteiger partial charge in [0.15, 0.2) is 11.5 Å². The first-order valence-electron chi connectivity index (χ1n) is 6.01. The molecule has 0 aliphatic carbocycles. The Bertz CT molecular complexity index is 468. The minimum absolute atomic E-state index is 0.0434. The average Bonchev–Trinajstić information content (AvgIpc) is 2.87. The lowest BCUT2D eigenvalue weighted by atomic mass is 9.99. The lowest BCUT2D eigenvalue weighted by Crippen LogP contribution is -2.60. The van der Waals surface area contributed by atoms with Crippen molar-refractivity contribution in [3.63, 3.8) is 0 Å². The third-order valence-corrected chi connectivity index (χ3v) is 3.04. The van der Waals surface area contributed by atoms with Crippen LogP contribution in [0.5, 0.6) is 5.75 Å². The highest BCUT2D eigenvalue weighted by Gasteiger charge is 2.45. The van der Waals surface area contributed by atoms with E-state index in [0.717, 1.165) is 0 Å². The van der Waals surface area contributed by atoms with Crippen LogP contribution in [0.15, 0.2) is 16.7 Å². The van der Waals surface area contributed by atoms with E-state index in [1.165, 1.54) is 19.3 Å². The number of aliphatic hydroxyl groups excluding tert-OH is 4. The van der Waals surface area contributed by atoms with Gasteiger partial charge in [0.05, 0.1) is 12.9 Å². The molecule has 0 spiro atoms. The van der Waals surface area contributed by atoms with Gasteiger partial charge in [0.2, 0.25) is 12.1 Å². The van der Waals surface area contributed by atoms with E-state index < -0.39 is 37.3 Å². The summed E-state index contributed by atoms with van der Waals surface area (Å²) in [6.07, 6.45) is -5.74. The Balaban J connectivity index is 2.15. The second-order valence-electron chi connectivity index (χ2n) is 4.49. The zero-order chi connectivity index (χ0) is 14.9. The van der Waals surface area contributed by atoms with Crippen molar-refractivity contribution in [3.8, 4) is 5.75 Å². The lowest BCUT2D eigenvalue weighted by molar-refractivity contribution is -0.277. The monoisotopic (exact) mass is 288 g/mol. The van der Waals surface area contributed by atoms with E-state index in [1.807, 2.05) is 0 Å². The fourth-order valence-corrected chi connectivity index (χ4v) is 1.94. The van der Waals surface area contributed by atoms with E-state index >= 15 is 0 Å². The van der Waals surface area contributed by atoms with Crippen LogP contribution in [0.25, 0.3) is 0 Å². The van der Waals surface area contributed by atoms with Gasteiger partial charge < -0.3 is 34.3 Å². The molecule has 1 saturated heterocycles. The van der Waals surface area contributed by atoms with E-state index in [0.29, 0.717) is 0 Å². The molecule has 4 N–H and O–H groups in total. The van der Waals surface area contributed by atoms with Crippen molar-refractivity contribution in [3.05, 3.63) is 18.1 Å². The van der Waals surface area contributed by atoms with E-state index in [1.54, 1.807) is 0 Å². The molecule has 2 heterocycles. The molecule has 1 aromatic rings. The zero-order valence-electron chi connectivity index (χ0n) is 10.7. The summed E-state index contributed by atoms with van der Waals surface area (Å²) in [5.74, 6) is -0.390. The van der Waals surface area contributed by atoms with Gasteiger partial charge in [-0.2, -0.15) is 0 Å². The van der Waals surface area contributed by atoms with Gasteiger partial charge in [-0.25, -0.2) is 0 Å². The quantitative estimate of drug-likeness (QED) is 0.501. The highest BCUT2D eigenvalue weighted by Crippen LogP contribution is 2.27. The highest BCUT2D eigenvalue weighted by molar-refractivity contribution is 5.93. The Morgan fingerprint density at radius 2 is 2.00 bits per heavy atom. The Kier molecular flexibility index (Phi) is 4.41. The van der Waals surface area contributed by atoms with Crippen molar-refractivity contribution < 1.29 is 39.1 Å². The number of aliphatic hydroxyl groups is 4. The lowest BCUT2D eigenvalue weighted by Gasteiger charge is -2.39. The second-order valence-corrected chi connectivity index (χ2v) is 4.49. The van der Waals surface area contributed by atoms with Crippen LogP contribution in [0.2, 0.25) is 0 Å². The van der Waals surface area contributed by atoms with Gasteiger partial charge in [-0.15, -0.1) is 0 Å². The van der Waals surface area contributed by atoms with Gasteiger partial charge in [-0.1, -0.05) is 0 Å². The summed E-state index contributed by atoms with van der Waals surface area (Å²) in [5, 5.41) is 38.1. The molecule has 1 aromatic heterocycles. The SMILES string of the molecule is CC(=O)c1occc1O[C@@H]1O[C@H](CO)[C@@H](O)[C@H](O)[C@H]1O. The van der Waals surface area contributed by atoms with Crippen LogP contribution in [-0.4, -0.2) is 63.5 Å². The molecule has 20 heavy (non-hydrogen) atoms. The maximum atomic E-state index is 11.3. The molecule has 0 bridgehead atoms. The van der Waals surface area contributed by atoms with Crippen molar-refractivity contribution in [2.75, 3.05) is 6.61 Å². The van der Waals surface area contributed by atoms with Gasteiger partial charge in [-0.3, -0.25) is 4.79 Å². The summed E-state index contributed by atoms with van der Waals surface area (Å²) in [6.45, 7) is 0.717. The average molecular weight is 288 g/mol. The fraction of sp³-hybridized carbons (Fsp3) is 0.583. The molecule has 0 unspecified atom stereocenters. The topological polar surface area (TPSA) is 130 Å². The van der Waals surface area contributed by atoms with Crippen LogP contribution in [0, 0.1) is 0 Å². The number of carbonyl (C=O) groups is 1. The maximum Gasteiger partial charge on any atom is 0.229 e. The molecule has 1 fully saturated rings.